The molecule has 2 heterocycles. The van der Waals surface area contributed by atoms with Gasteiger partial charge in [-0.2, -0.15) is 0 Å². The zero-order chi connectivity index (χ0) is 18.9. The summed E-state index contributed by atoms with van der Waals surface area (Å²) in [7, 11) is 3.28. The SMILES string of the molecule is C.COCCN.COCCNc1cc(Cl)ncn1.Clc1cc(Cl)ncn1. The largest absolute Gasteiger partial charge is 0.383 e. The number of nitrogens with one attached hydrogen (secondary N) is 1. The van der Waals surface area contributed by atoms with E-state index in [2.05, 4.69) is 30.0 Å². The quantitative estimate of drug-likeness (QED) is 0.534. The molecule has 0 atom stereocenters. The van der Waals surface area contributed by atoms with Gasteiger partial charge in [0.2, 0.25) is 0 Å². The van der Waals surface area contributed by atoms with Crippen molar-refractivity contribution in [3.05, 3.63) is 40.2 Å². The van der Waals surface area contributed by atoms with Crippen LogP contribution in [0.4, 0.5) is 5.82 Å². The van der Waals surface area contributed by atoms with Crippen LogP contribution in [0.15, 0.2) is 24.8 Å². The van der Waals surface area contributed by atoms with E-state index >= 15 is 0 Å². The summed E-state index contributed by atoms with van der Waals surface area (Å²) in [6, 6.07) is 3.14. The first-order valence-electron chi connectivity index (χ1n) is 7.05. The molecule has 0 unspecified atom stereocenters. The van der Waals surface area contributed by atoms with Crippen LogP contribution in [0, 0.1) is 0 Å². The lowest BCUT2D eigenvalue weighted by Gasteiger charge is -2.03. The number of nitrogens with zero attached hydrogens (tertiary/aromatic N) is 4. The molecule has 0 fully saturated rings. The normalized spacial score (nSPS) is 9.00. The lowest BCUT2D eigenvalue weighted by molar-refractivity contribution is 0.207. The summed E-state index contributed by atoms with van der Waals surface area (Å²) < 4.78 is 9.42. The molecule has 0 aliphatic rings. The number of halogens is 3. The number of methoxy groups -OCH3 is 2. The van der Waals surface area contributed by atoms with E-state index in [9.17, 15) is 0 Å². The van der Waals surface area contributed by atoms with Crippen LogP contribution in [0.3, 0.4) is 0 Å². The van der Waals surface area contributed by atoms with Gasteiger partial charge in [-0.1, -0.05) is 42.2 Å². The number of anilines is 1. The standard InChI is InChI=1S/C7H10ClN3O.C4H2Cl2N2.C3H9NO.CH4/c1-12-3-2-9-7-4-6(8)10-5-11-7;5-3-1-4(6)8-2-7-3;1-5-3-2-4;/h4-5H,2-3H2,1H3,(H,9,10,11);1-2H;2-4H2,1H3;1H4. The minimum atomic E-state index is 0. The van der Waals surface area contributed by atoms with E-state index in [-0.39, 0.29) is 7.43 Å². The molecule has 0 aromatic carbocycles. The molecule has 2 aromatic rings. The maximum absolute atomic E-state index is 5.64. The Hall–Kier alpha value is -1.29. The fourth-order valence-electron chi connectivity index (χ4n) is 1.14. The van der Waals surface area contributed by atoms with Gasteiger partial charge in [0.1, 0.15) is 33.9 Å². The van der Waals surface area contributed by atoms with Crippen molar-refractivity contribution in [3.8, 4) is 0 Å². The Kier molecular flexibility index (Phi) is 19.2. The van der Waals surface area contributed by atoms with Crippen molar-refractivity contribution in [3.63, 3.8) is 0 Å². The van der Waals surface area contributed by atoms with Crippen LogP contribution in [-0.4, -0.2) is 60.5 Å². The lowest BCUT2D eigenvalue weighted by Crippen LogP contribution is -2.08. The minimum absolute atomic E-state index is 0. The maximum Gasteiger partial charge on any atom is 0.134 e. The molecule has 0 aliphatic heterocycles. The molecule has 0 bridgehead atoms. The van der Waals surface area contributed by atoms with Crippen molar-refractivity contribution in [2.75, 3.05) is 45.8 Å². The van der Waals surface area contributed by atoms with Gasteiger partial charge >= 0.3 is 0 Å². The van der Waals surface area contributed by atoms with Crippen LogP contribution in [-0.2, 0) is 9.47 Å². The molecule has 3 N–H and O–H groups in total. The Morgan fingerprint density at radius 1 is 0.885 bits per heavy atom. The van der Waals surface area contributed by atoms with E-state index in [4.69, 9.17) is 45.3 Å². The predicted octanol–water partition coefficient (Wildman–Crippen LogP) is 3.20. The zero-order valence-corrected chi connectivity index (χ0v) is 16.2. The molecule has 0 saturated heterocycles. The third kappa shape index (κ3) is 16.2. The van der Waals surface area contributed by atoms with Gasteiger partial charge in [0.15, 0.2) is 0 Å². The summed E-state index contributed by atoms with van der Waals surface area (Å²) in [6.45, 7) is 2.64. The van der Waals surface area contributed by atoms with E-state index in [0.29, 0.717) is 47.6 Å². The third-order valence-electron chi connectivity index (χ3n) is 2.17. The van der Waals surface area contributed by atoms with E-state index in [1.807, 2.05) is 0 Å². The number of ether oxygens (including phenoxy) is 2. The highest BCUT2D eigenvalue weighted by atomic mass is 35.5. The molecule has 0 spiro atoms. The van der Waals surface area contributed by atoms with Gasteiger partial charge in [0.25, 0.3) is 0 Å². The lowest BCUT2D eigenvalue weighted by atomic mass is 10.5. The second kappa shape index (κ2) is 18.5. The van der Waals surface area contributed by atoms with E-state index < -0.39 is 0 Å². The van der Waals surface area contributed by atoms with Crippen LogP contribution >= 0.6 is 34.8 Å². The Labute approximate surface area is 169 Å². The molecule has 0 saturated carbocycles. The van der Waals surface area contributed by atoms with Crippen LogP contribution < -0.4 is 11.1 Å². The Bertz CT molecular complexity index is 561. The first-order chi connectivity index (χ1) is 12.0. The maximum atomic E-state index is 5.64. The van der Waals surface area contributed by atoms with Gasteiger partial charge in [-0.05, 0) is 0 Å². The van der Waals surface area contributed by atoms with Gasteiger partial charge < -0.3 is 20.5 Å². The van der Waals surface area contributed by atoms with Crippen molar-refractivity contribution in [1.82, 2.24) is 19.9 Å². The molecule has 2 rings (SSSR count). The summed E-state index contributed by atoms with van der Waals surface area (Å²) in [6.07, 6.45) is 2.72. The summed E-state index contributed by atoms with van der Waals surface area (Å²) in [5.74, 6) is 0.715. The van der Waals surface area contributed by atoms with Crippen LogP contribution in [0.1, 0.15) is 7.43 Å². The van der Waals surface area contributed by atoms with Crippen LogP contribution in [0.25, 0.3) is 0 Å². The fraction of sp³-hybridized carbons (Fsp3) is 0.467. The Morgan fingerprint density at radius 2 is 1.38 bits per heavy atom. The Balaban J connectivity index is 0. The summed E-state index contributed by atoms with van der Waals surface area (Å²) in [4.78, 5) is 14.9. The molecule has 8 nitrogen and oxygen atoms in total. The van der Waals surface area contributed by atoms with Gasteiger partial charge in [0, 0.05) is 39.4 Å². The summed E-state index contributed by atoms with van der Waals surface area (Å²) in [5, 5.41) is 4.19. The average molecular weight is 428 g/mol. The Morgan fingerprint density at radius 3 is 1.73 bits per heavy atom. The molecular formula is C15H25Cl3N6O2. The first-order valence-corrected chi connectivity index (χ1v) is 8.19. The number of hydrogen-bond acceptors (Lipinski definition) is 8. The zero-order valence-electron chi connectivity index (χ0n) is 14.0. The molecular weight excluding hydrogens is 403 g/mol. The number of nitrogens with two attached hydrogens (primary N) is 1. The van der Waals surface area contributed by atoms with Crippen molar-refractivity contribution in [2.24, 2.45) is 5.73 Å². The second-order valence-electron chi connectivity index (χ2n) is 4.09. The monoisotopic (exact) mass is 426 g/mol. The second-order valence-corrected chi connectivity index (χ2v) is 5.25. The highest BCUT2D eigenvalue weighted by molar-refractivity contribution is 6.33. The number of hydrogen-bond donors (Lipinski definition) is 2. The predicted molar refractivity (Wildman–Crippen MR) is 107 cm³/mol. The smallest absolute Gasteiger partial charge is 0.134 e. The van der Waals surface area contributed by atoms with Crippen molar-refractivity contribution in [2.45, 2.75) is 7.43 Å². The topological polar surface area (TPSA) is 108 Å². The van der Waals surface area contributed by atoms with Gasteiger partial charge in [0.05, 0.1) is 13.2 Å². The van der Waals surface area contributed by atoms with Crippen molar-refractivity contribution >= 4 is 40.6 Å². The highest BCUT2D eigenvalue weighted by Gasteiger charge is 1.93. The minimum Gasteiger partial charge on any atom is -0.383 e. The molecule has 0 aliphatic carbocycles. The molecule has 148 valence electrons. The number of aromatic nitrogens is 4. The fourth-order valence-corrected chi connectivity index (χ4v) is 1.64. The van der Waals surface area contributed by atoms with Gasteiger partial charge in [-0.15, -0.1) is 0 Å². The molecule has 11 heteroatoms. The summed E-state index contributed by atoms with van der Waals surface area (Å²) in [5.41, 5.74) is 5.01. The van der Waals surface area contributed by atoms with Crippen LogP contribution in [0.2, 0.25) is 15.5 Å². The van der Waals surface area contributed by atoms with E-state index in [0.717, 1.165) is 0 Å². The first kappa shape index (κ1) is 26.9. The molecule has 26 heavy (non-hydrogen) atoms. The van der Waals surface area contributed by atoms with Gasteiger partial charge in [-0.25, -0.2) is 19.9 Å². The average Bonchev–Trinajstić information content (AvgIpc) is 2.57. The van der Waals surface area contributed by atoms with Crippen molar-refractivity contribution < 1.29 is 9.47 Å². The third-order valence-corrected chi connectivity index (χ3v) is 2.79. The van der Waals surface area contributed by atoms with Gasteiger partial charge in [-0.3, -0.25) is 0 Å². The van der Waals surface area contributed by atoms with Crippen LogP contribution in [0.5, 0.6) is 0 Å². The van der Waals surface area contributed by atoms with Crippen molar-refractivity contribution in [1.29, 1.82) is 0 Å². The van der Waals surface area contributed by atoms with E-state index in [1.165, 1.54) is 18.7 Å². The molecule has 2 aromatic heterocycles. The molecule has 0 radical (unpaired) electrons. The number of rotatable bonds is 6. The summed E-state index contributed by atoms with van der Waals surface area (Å²) >= 11 is 16.5. The highest BCUT2D eigenvalue weighted by Crippen LogP contribution is 2.08. The molecule has 0 amide bonds. The van der Waals surface area contributed by atoms with E-state index in [1.54, 1.807) is 20.3 Å².